The first-order chi connectivity index (χ1) is 17.0. The molecule has 6 heteroatoms. The van der Waals surface area contributed by atoms with Gasteiger partial charge >= 0.3 is 0 Å². The number of benzene rings is 2. The summed E-state index contributed by atoms with van der Waals surface area (Å²) in [4.78, 5) is 6.87. The first-order valence-corrected chi connectivity index (χ1v) is 12.4. The summed E-state index contributed by atoms with van der Waals surface area (Å²) in [5, 5.41) is 4.22. The van der Waals surface area contributed by atoms with Crippen molar-refractivity contribution in [2.24, 2.45) is 0 Å². The molecule has 0 radical (unpaired) electrons. The van der Waals surface area contributed by atoms with Crippen LogP contribution < -0.4 is 15.0 Å². The van der Waals surface area contributed by atoms with E-state index < -0.39 is 0 Å². The van der Waals surface area contributed by atoms with E-state index >= 15 is 0 Å². The largest absolute Gasteiger partial charge is 0.495 e. The SMILES string of the molecule is CCc1ccc(-n2c(C)cc([C@@H]3[C@H](c4ccccn4)NC(=S)N3c3ccccc3OC)c2C)cc1. The van der Waals surface area contributed by atoms with Gasteiger partial charge in [0.05, 0.1) is 30.6 Å². The molecule has 0 bridgehead atoms. The maximum Gasteiger partial charge on any atom is 0.174 e. The van der Waals surface area contributed by atoms with Crippen molar-refractivity contribution in [2.75, 3.05) is 12.0 Å². The molecule has 2 atom stereocenters. The zero-order valence-electron chi connectivity index (χ0n) is 20.5. The third-order valence-electron chi connectivity index (χ3n) is 6.83. The highest BCUT2D eigenvalue weighted by atomic mass is 32.1. The van der Waals surface area contributed by atoms with Gasteiger partial charge in [-0.05, 0) is 86.1 Å². The summed E-state index contributed by atoms with van der Waals surface area (Å²) in [5.41, 5.74) is 7.95. The molecule has 0 amide bonds. The van der Waals surface area contributed by atoms with Gasteiger partial charge in [0, 0.05) is 23.3 Å². The summed E-state index contributed by atoms with van der Waals surface area (Å²) in [6.45, 7) is 6.53. The Balaban J connectivity index is 1.68. The lowest BCUT2D eigenvalue weighted by Crippen LogP contribution is -2.30. The summed E-state index contributed by atoms with van der Waals surface area (Å²) in [7, 11) is 1.70. The minimum absolute atomic E-state index is 0.0939. The minimum Gasteiger partial charge on any atom is -0.495 e. The molecule has 0 aliphatic carbocycles. The molecule has 1 N–H and O–H groups in total. The van der Waals surface area contributed by atoms with E-state index in [1.54, 1.807) is 7.11 Å². The zero-order chi connectivity index (χ0) is 24.5. The van der Waals surface area contributed by atoms with E-state index in [-0.39, 0.29) is 12.1 Å². The number of methoxy groups -OCH3 is 1. The highest BCUT2D eigenvalue weighted by Crippen LogP contribution is 2.46. The summed E-state index contributed by atoms with van der Waals surface area (Å²) >= 11 is 5.91. The second kappa shape index (κ2) is 9.55. The van der Waals surface area contributed by atoms with Gasteiger partial charge in [0.1, 0.15) is 5.75 Å². The lowest BCUT2D eigenvalue weighted by molar-refractivity contribution is 0.414. The monoisotopic (exact) mass is 482 g/mol. The number of para-hydroxylation sites is 2. The van der Waals surface area contributed by atoms with E-state index in [2.05, 4.69) is 78.0 Å². The zero-order valence-corrected chi connectivity index (χ0v) is 21.3. The van der Waals surface area contributed by atoms with Gasteiger partial charge in [0.15, 0.2) is 5.11 Å². The van der Waals surface area contributed by atoms with Crippen LogP contribution in [-0.2, 0) is 6.42 Å². The van der Waals surface area contributed by atoms with Crippen molar-refractivity contribution in [3.63, 3.8) is 0 Å². The van der Waals surface area contributed by atoms with E-state index in [1.165, 1.54) is 22.5 Å². The molecule has 4 aromatic rings. The molecule has 0 spiro atoms. The highest BCUT2D eigenvalue weighted by Gasteiger charge is 2.43. The van der Waals surface area contributed by atoms with Crippen LogP contribution in [0.15, 0.2) is 79.0 Å². The molecule has 1 aliphatic heterocycles. The number of nitrogens with zero attached hydrogens (tertiary/aromatic N) is 3. The molecule has 178 valence electrons. The molecule has 1 fully saturated rings. The average molecular weight is 483 g/mol. The molecule has 2 aromatic carbocycles. The quantitative estimate of drug-likeness (QED) is 0.330. The Kier molecular flexibility index (Phi) is 6.31. The number of anilines is 1. The van der Waals surface area contributed by atoms with Gasteiger partial charge in [0.25, 0.3) is 0 Å². The number of nitrogens with one attached hydrogen (secondary N) is 1. The topological polar surface area (TPSA) is 42.3 Å². The van der Waals surface area contributed by atoms with Gasteiger partial charge in [-0.2, -0.15) is 0 Å². The number of ether oxygens (including phenoxy) is 1. The van der Waals surface area contributed by atoms with Crippen LogP contribution in [0.3, 0.4) is 0 Å². The molecule has 3 heterocycles. The molecular weight excluding hydrogens is 452 g/mol. The van der Waals surface area contributed by atoms with E-state index in [0.29, 0.717) is 5.11 Å². The van der Waals surface area contributed by atoms with Gasteiger partial charge in [0.2, 0.25) is 0 Å². The normalized spacial score (nSPS) is 17.5. The second-order valence-electron chi connectivity index (χ2n) is 8.85. The molecule has 35 heavy (non-hydrogen) atoms. The summed E-state index contributed by atoms with van der Waals surface area (Å²) in [6.07, 6.45) is 2.86. The van der Waals surface area contributed by atoms with Crippen LogP contribution in [0.5, 0.6) is 5.75 Å². The van der Waals surface area contributed by atoms with Crippen LogP contribution in [0.2, 0.25) is 0 Å². The second-order valence-corrected chi connectivity index (χ2v) is 9.24. The van der Waals surface area contributed by atoms with Crippen LogP contribution in [-0.4, -0.2) is 21.8 Å². The fourth-order valence-electron chi connectivity index (χ4n) is 5.12. The van der Waals surface area contributed by atoms with Crippen molar-refractivity contribution in [2.45, 2.75) is 39.3 Å². The van der Waals surface area contributed by atoms with Crippen LogP contribution in [0.4, 0.5) is 5.69 Å². The van der Waals surface area contributed by atoms with E-state index in [1.807, 2.05) is 36.5 Å². The number of hydrogen-bond acceptors (Lipinski definition) is 3. The minimum atomic E-state index is -0.106. The van der Waals surface area contributed by atoms with Crippen LogP contribution in [0.1, 0.15) is 47.2 Å². The number of aromatic nitrogens is 2. The Morgan fingerprint density at radius 2 is 1.74 bits per heavy atom. The molecule has 2 aromatic heterocycles. The number of thiocarbonyl (C=S) groups is 1. The highest BCUT2D eigenvalue weighted by molar-refractivity contribution is 7.80. The predicted octanol–water partition coefficient (Wildman–Crippen LogP) is 6.24. The molecule has 1 saturated heterocycles. The Morgan fingerprint density at radius 3 is 2.43 bits per heavy atom. The molecule has 0 unspecified atom stereocenters. The van der Waals surface area contributed by atoms with E-state index in [0.717, 1.165) is 29.2 Å². The van der Waals surface area contributed by atoms with Crippen molar-refractivity contribution < 1.29 is 4.74 Å². The number of aryl methyl sites for hydroxylation is 2. The van der Waals surface area contributed by atoms with Crippen LogP contribution in [0.25, 0.3) is 5.69 Å². The summed E-state index contributed by atoms with van der Waals surface area (Å²) in [5.74, 6) is 0.785. The standard InChI is InChI=1S/C29H30N4OS/c1-5-21-13-15-22(16-14-21)32-19(2)18-23(20(32)3)28-27(24-10-8-9-17-30-24)31-29(35)33(28)25-11-6-7-12-26(25)34-4/h6-18,27-28H,5H2,1-4H3,(H,31,35)/t27-,28+/m0/s1. The Hall–Kier alpha value is -3.64. The van der Waals surface area contributed by atoms with E-state index in [4.69, 9.17) is 21.9 Å². The maximum absolute atomic E-state index is 5.91. The summed E-state index contributed by atoms with van der Waals surface area (Å²) in [6, 6.07) is 24.9. The Morgan fingerprint density at radius 1 is 1.00 bits per heavy atom. The lowest BCUT2D eigenvalue weighted by Gasteiger charge is -2.29. The predicted molar refractivity (Wildman–Crippen MR) is 146 cm³/mol. The van der Waals surface area contributed by atoms with Crippen molar-refractivity contribution in [1.82, 2.24) is 14.9 Å². The van der Waals surface area contributed by atoms with Crippen molar-refractivity contribution in [3.8, 4) is 11.4 Å². The molecular formula is C29H30N4OS. The molecule has 5 rings (SSSR count). The van der Waals surface area contributed by atoms with Gasteiger partial charge in [-0.3, -0.25) is 4.98 Å². The first-order valence-electron chi connectivity index (χ1n) is 11.9. The van der Waals surface area contributed by atoms with Crippen molar-refractivity contribution >= 4 is 23.0 Å². The van der Waals surface area contributed by atoms with Gasteiger partial charge in [-0.1, -0.05) is 37.3 Å². The molecule has 5 nitrogen and oxygen atoms in total. The lowest BCUT2D eigenvalue weighted by atomic mass is 9.96. The Labute approximate surface area is 212 Å². The van der Waals surface area contributed by atoms with Crippen molar-refractivity contribution in [1.29, 1.82) is 0 Å². The van der Waals surface area contributed by atoms with Gasteiger partial charge < -0.3 is 19.5 Å². The van der Waals surface area contributed by atoms with E-state index in [9.17, 15) is 0 Å². The fourth-order valence-corrected chi connectivity index (χ4v) is 5.46. The van der Waals surface area contributed by atoms with Crippen molar-refractivity contribution in [3.05, 3.63) is 107 Å². The smallest absolute Gasteiger partial charge is 0.174 e. The van der Waals surface area contributed by atoms with Crippen LogP contribution in [0, 0.1) is 13.8 Å². The third kappa shape index (κ3) is 4.08. The van der Waals surface area contributed by atoms with Gasteiger partial charge in [-0.25, -0.2) is 0 Å². The number of hydrogen-bond donors (Lipinski definition) is 1. The number of rotatable bonds is 6. The Bertz CT molecular complexity index is 1350. The first kappa shape index (κ1) is 23.1. The maximum atomic E-state index is 5.91. The fraction of sp³-hybridized carbons (Fsp3) is 0.241. The number of pyridine rings is 1. The molecule has 0 saturated carbocycles. The molecule has 1 aliphatic rings. The van der Waals surface area contributed by atoms with Gasteiger partial charge in [-0.15, -0.1) is 0 Å². The van der Waals surface area contributed by atoms with Crippen LogP contribution >= 0.6 is 12.2 Å². The third-order valence-corrected chi connectivity index (χ3v) is 7.15. The summed E-state index contributed by atoms with van der Waals surface area (Å²) < 4.78 is 8.06. The average Bonchev–Trinajstić information content (AvgIpc) is 3.39.